The van der Waals surface area contributed by atoms with Gasteiger partial charge in [-0.1, -0.05) is 30.7 Å². The smallest absolute Gasteiger partial charge is 0.0314 e. The van der Waals surface area contributed by atoms with Gasteiger partial charge in [-0.3, -0.25) is 4.90 Å². The Kier molecular flexibility index (Phi) is 4.43. The minimum atomic E-state index is 0.609. The van der Waals surface area contributed by atoms with Crippen LogP contribution in [0.25, 0.3) is 0 Å². The lowest BCUT2D eigenvalue weighted by Crippen LogP contribution is -2.30. The Morgan fingerprint density at radius 1 is 1.28 bits per heavy atom. The van der Waals surface area contributed by atoms with Crippen LogP contribution in [0, 0.1) is 0 Å². The van der Waals surface area contributed by atoms with Gasteiger partial charge >= 0.3 is 0 Å². The molecular formula is C16H24N2. The zero-order valence-corrected chi connectivity index (χ0v) is 11.5. The number of benzene rings is 1. The lowest BCUT2D eigenvalue weighted by molar-refractivity contribution is 0.283. The van der Waals surface area contributed by atoms with Crippen LogP contribution in [-0.4, -0.2) is 24.5 Å². The maximum absolute atomic E-state index is 5.72. The second-order valence-corrected chi connectivity index (χ2v) is 5.46. The van der Waals surface area contributed by atoms with E-state index < -0.39 is 0 Å². The summed E-state index contributed by atoms with van der Waals surface area (Å²) in [6.07, 6.45) is 4.81. The number of nitrogen functional groups attached to an aromatic ring is 1. The van der Waals surface area contributed by atoms with Crippen molar-refractivity contribution in [2.24, 2.45) is 0 Å². The molecule has 2 nitrogen and oxygen atoms in total. The summed E-state index contributed by atoms with van der Waals surface area (Å²) in [5.41, 5.74) is 9.50. The van der Waals surface area contributed by atoms with Crippen LogP contribution in [0.2, 0.25) is 0 Å². The first-order valence-electron chi connectivity index (χ1n) is 6.88. The largest absolute Gasteiger partial charge is 0.399 e. The Morgan fingerprint density at radius 2 is 2.00 bits per heavy atom. The molecule has 1 aromatic carbocycles. The molecule has 0 radical (unpaired) electrons. The molecule has 1 atom stereocenters. The van der Waals surface area contributed by atoms with Gasteiger partial charge in [0.25, 0.3) is 0 Å². The van der Waals surface area contributed by atoms with E-state index in [9.17, 15) is 0 Å². The summed E-state index contributed by atoms with van der Waals surface area (Å²) in [6.45, 7) is 8.07. The van der Waals surface area contributed by atoms with Gasteiger partial charge < -0.3 is 5.73 Å². The summed E-state index contributed by atoms with van der Waals surface area (Å²) in [7, 11) is 0. The van der Waals surface area contributed by atoms with Gasteiger partial charge in [-0.2, -0.15) is 0 Å². The highest BCUT2D eigenvalue weighted by Crippen LogP contribution is 2.21. The minimum absolute atomic E-state index is 0.609. The summed E-state index contributed by atoms with van der Waals surface area (Å²) in [5, 5.41) is 0. The van der Waals surface area contributed by atoms with Crippen molar-refractivity contribution in [2.45, 2.75) is 32.6 Å². The van der Waals surface area contributed by atoms with E-state index in [1.165, 1.54) is 37.1 Å². The van der Waals surface area contributed by atoms with Gasteiger partial charge in [0.2, 0.25) is 0 Å². The molecule has 1 unspecified atom stereocenters. The van der Waals surface area contributed by atoms with E-state index in [4.69, 9.17) is 5.73 Å². The molecule has 1 aliphatic heterocycles. The van der Waals surface area contributed by atoms with Crippen molar-refractivity contribution in [1.29, 1.82) is 0 Å². The highest BCUT2D eigenvalue weighted by Gasteiger charge is 2.11. The highest BCUT2D eigenvalue weighted by molar-refractivity contribution is 5.40. The number of hydrogen-bond donors (Lipinski definition) is 1. The summed E-state index contributed by atoms with van der Waals surface area (Å²) >= 11 is 0. The van der Waals surface area contributed by atoms with Crippen LogP contribution in [0.1, 0.15) is 38.2 Å². The van der Waals surface area contributed by atoms with Gasteiger partial charge in [-0.05, 0) is 49.9 Å². The molecular weight excluding hydrogens is 220 g/mol. The molecule has 0 aromatic heterocycles. The summed E-state index contributed by atoms with van der Waals surface area (Å²) in [4.78, 5) is 2.54. The molecule has 1 aromatic rings. The third-order valence-corrected chi connectivity index (χ3v) is 3.90. The predicted molar refractivity (Wildman–Crippen MR) is 78.7 cm³/mol. The third-order valence-electron chi connectivity index (χ3n) is 3.90. The van der Waals surface area contributed by atoms with Crippen LogP contribution in [0.15, 0.2) is 35.9 Å². The van der Waals surface area contributed by atoms with Crippen LogP contribution >= 0.6 is 0 Å². The number of rotatable bonds is 4. The van der Waals surface area contributed by atoms with E-state index in [2.05, 4.69) is 37.0 Å². The van der Waals surface area contributed by atoms with Crippen LogP contribution in [-0.2, 0) is 0 Å². The molecule has 0 amide bonds. The fourth-order valence-electron chi connectivity index (χ4n) is 2.38. The maximum Gasteiger partial charge on any atom is 0.0314 e. The fourth-order valence-corrected chi connectivity index (χ4v) is 2.38. The van der Waals surface area contributed by atoms with Gasteiger partial charge in [0.05, 0.1) is 0 Å². The SMILES string of the molecule is CC1=CCN(CCC(C)c2ccc(N)cc2)CC1. The Bertz CT molecular complexity index is 406. The van der Waals surface area contributed by atoms with Crippen LogP contribution in [0.3, 0.4) is 0 Å². The summed E-state index contributed by atoms with van der Waals surface area (Å²) in [6, 6.07) is 8.30. The summed E-state index contributed by atoms with van der Waals surface area (Å²) < 4.78 is 0. The van der Waals surface area contributed by atoms with E-state index in [0.29, 0.717) is 5.92 Å². The average molecular weight is 244 g/mol. The van der Waals surface area contributed by atoms with Gasteiger partial charge in [0.1, 0.15) is 0 Å². The lowest BCUT2D eigenvalue weighted by Gasteiger charge is -2.26. The first-order valence-corrected chi connectivity index (χ1v) is 6.88. The molecule has 0 fully saturated rings. The number of nitrogens with two attached hydrogens (primary N) is 1. The van der Waals surface area contributed by atoms with E-state index in [1.54, 1.807) is 0 Å². The third kappa shape index (κ3) is 3.61. The number of hydrogen-bond acceptors (Lipinski definition) is 2. The second kappa shape index (κ2) is 6.05. The zero-order valence-electron chi connectivity index (χ0n) is 11.5. The molecule has 0 bridgehead atoms. The average Bonchev–Trinajstić information content (AvgIpc) is 2.38. The lowest BCUT2D eigenvalue weighted by atomic mass is 9.97. The molecule has 1 aliphatic rings. The molecule has 0 saturated carbocycles. The number of nitrogens with zero attached hydrogens (tertiary/aromatic N) is 1. The number of anilines is 1. The van der Waals surface area contributed by atoms with E-state index in [-0.39, 0.29) is 0 Å². The minimum Gasteiger partial charge on any atom is -0.399 e. The van der Waals surface area contributed by atoms with E-state index in [1.807, 2.05) is 12.1 Å². The van der Waals surface area contributed by atoms with Crippen LogP contribution in [0.4, 0.5) is 5.69 Å². The van der Waals surface area contributed by atoms with E-state index in [0.717, 1.165) is 12.2 Å². The van der Waals surface area contributed by atoms with E-state index >= 15 is 0 Å². The van der Waals surface area contributed by atoms with Crippen molar-refractivity contribution in [2.75, 3.05) is 25.4 Å². The maximum atomic E-state index is 5.72. The first kappa shape index (κ1) is 13.2. The first-order chi connectivity index (χ1) is 8.65. The molecule has 2 N–H and O–H groups in total. The van der Waals surface area contributed by atoms with Gasteiger partial charge in [-0.15, -0.1) is 0 Å². The second-order valence-electron chi connectivity index (χ2n) is 5.46. The topological polar surface area (TPSA) is 29.3 Å². The van der Waals surface area contributed by atoms with Crippen molar-refractivity contribution in [3.05, 3.63) is 41.5 Å². The molecule has 0 spiro atoms. The summed E-state index contributed by atoms with van der Waals surface area (Å²) in [5.74, 6) is 0.609. The normalized spacial score (nSPS) is 18.4. The Labute approximate surface area is 110 Å². The Morgan fingerprint density at radius 3 is 2.61 bits per heavy atom. The molecule has 18 heavy (non-hydrogen) atoms. The van der Waals surface area contributed by atoms with Gasteiger partial charge in [0.15, 0.2) is 0 Å². The molecule has 1 heterocycles. The highest BCUT2D eigenvalue weighted by atomic mass is 15.1. The van der Waals surface area contributed by atoms with Crippen molar-refractivity contribution in [3.8, 4) is 0 Å². The molecule has 2 heteroatoms. The quantitative estimate of drug-likeness (QED) is 0.649. The van der Waals surface area contributed by atoms with Crippen molar-refractivity contribution in [1.82, 2.24) is 4.90 Å². The Hall–Kier alpha value is -1.28. The zero-order chi connectivity index (χ0) is 13.0. The van der Waals surface area contributed by atoms with Crippen LogP contribution < -0.4 is 5.73 Å². The molecule has 2 rings (SSSR count). The van der Waals surface area contributed by atoms with Gasteiger partial charge in [-0.25, -0.2) is 0 Å². The molecule has 0 saturated heterocycles. The predicted octanol–water partition coefficient (Wildman–Crippen LogP) is 3.41. The Balaban J connectivity index is 1.81. The molecule has 0 aliphatic carbocycles. The monoisotopic (exact) mass is 244 g/mol. The standard InChI is InChI=1S/C16H24N2/c1-13-7-10-18(11-8-13)12-9-14(2)15-3-5-16(17)6-4-15/h3-7,14H,8-12,17H2,1-2H3. The van der Waals surface area contributed by atoms with Crippen molar-refractivity contribution >= 4 is 5.69 Å². The van der Waals surface area contributed by atoms with Crippen LogP contribution in [0.5, 0.6) is 0 Å². The van der Waals surface area contributed by atoms with Gasteiger partial charge in [0, 0.05) is 18.8 Å². The molecule has 98 valence electrons. The van der Waals surface area contributed by atoms with Crippen molar-refractivity contribution in [3.63, 3.8) is 0 Å². The fraction of sp³-hybridized carbons (Fsp3) is 0.500. The van der Waals surface area contributed by atoms with Crippen molar-refractivity contribution < 1.29 is 0 Å².